The number of Topliss-reactive ketones (excluding diaryl/α,β-unsaturated/α-hetero) is 1. The molecule has 2 rings (SSSR count). The van der Waals surface area contributed by atoms with Crippen molar-refractivity contribution in [1.29, 1.82) is 0 Å². The van der Waals surface area contributed by atoms with Crippen LogP contribution in [0, 0.1) is 5.82 Å². The summed E-state index contributed by atoms with van der Waals surface area (Å²) in [6.45, 7) is 1.32. The largest absolute Gasteiger partial charge is 0.457 e. The maximum atomic E-state index is 13.6. The third-order valence-corrected chi connectivity index (χ3v) is 3.36. The summed E-state index contributed by atoms with van der Waals surface area (Å²) in [7, 11) is 0. The van der Waals surface area contributed by atoms with E-state index in [2.05, 4.69) is 0 Å². The zero-order valence-corrected chi connectivity index (χ0v) is 11.5. The number of hydrogen-bond acceptors (Lipinski definition) is 3. The molecule has 2 aromatic carbocycles. The lowest BCUT2D eigenvalue weighted by Crippen LogP contribution is -2.00. The number of carbonyl (C=O) groups is 1. The average Bonchev–Trinajstić information content (AvgIpc) is 2.39. The van der Waals surface area contributed by atoms with E-state index >= 15 is 0 Å². The van der Waals surface area contributed by atoms with Crippen LogP contribution in [0.5, 0.6) is 11.5 Å². The molecule has 0 spiro atoms. The van der Waals surface area contributed by atoms with E-state index in [1.54, 1.807) is 30.0 Å². The molecule has 2 aromatic rings. The van der Waals surface area contributed by atoms with Gasteiger partial charge in [-0.2, -0.15) is 0 Å². The van der Waals surface area contributed by atoms with Crippen molar-refractivity contribution in [3.05, 3.63) is 53.8 Å². The molecule has 0 heterocycles. The summed E-state index contributed by atoms with van der Waals surface area (Å²) in [5.74, 6) is -0.102. The molecule has 0 bridgehead atoms. The average molecular weight is 276 g/mol. The van der Waals surface area contributed by atoms with Crippen molar-refractivity contribution in [2.24, 2.45) is 0 Å². The van der Waals surface area contributed by atoms with Gasteiger partial charge in [0.1, 0.15) is 17.3 Å². The standard InChI is InChI=1S/C15H13FO2S/c1-10(17)15-13(16)4-3-5-14(15)18-11-6-8-12(19-2)9-7-11/h3-9H,1-2H3. The Balaban J connectivity index is 2.32. The van der Waals surface area contributed by atoms with Crippen molar-refractivity contribution in [2.75, 3.05) is 6.26 Å². The lowest BCUT2D eigenvalue weighted by Gasteiger charge is -2.10. The third kappa shape index (κ3) is 3.15. The van der Waals surface area contributed by atoms with E-state index in [0.717, 1.165) is 4.90 Å². The summed E-state index contributed by atoms with van der Waals surface area (Å²) in [5.41, 5.74) is -0.0172. The molecule has 0 unspecified atom stereocenters. The predicted molar refractivity (Wildman–Crippen MR) is 74.7 cm³/mol. The van der Waals surface area contributed by atoms with Gasteiger partial charge in [-0.25, -0.2) is 4.39 Å². The van der Waals surface area contributed by atoms with Gasteiger partial charge in [-0.15, -0.1) is 11.8 Å². The molecule has 0 aliphatic heterocycles. The van der Waals surface area contributed by atoms with Crippen LogP contribution < -0.4 is 4.74 Å². The highest BCUT2D eigenvalue weighted by Crippen LogP contribution is 2.28. The summed E-state index contributed by atoms with van der Waals surface area (Å²) >= 11 is 1.62. The van der Waals surface area contributed by atoms with Gasteiger partial charge in [0.15, 0.2) is 5.78 Å². The van der Waals surface area contributed by atoms with Crippen molar-refractivity contribution in [1.82, 2.24) is 0 Å². The van der Waals surface area contributed by atoms with E-state index in [1.165, 1.54) is 19.1 Å². The van der Waals surface area contributed by atoms with Gasteiger partial charge in [-0.3, -0.25) is 4.79 Å². The first-order chi connectivity index (χ1) is 9.11. The van der Waals surface area contributed by atoms with Crippen LogP contribution in [0.4, 0.5) is 4.39 Å². The first kappa shape index (κ1) is 13.6. The highest BCUT2D eigenvalue weighted by molar-refractivity contribution is 7.98. The summed E-state index contributed by atoms with van der Waals surface area (Å²) in [6, 6.07) is 11.8. The molecule has 0 aromatic heterocycles. The molecule has 0 fully saturated rings. The Morgan fingerprint density at radius 1 is 1.16 bits per heavy atom. The van der Waals surface area contributed by atoms with E-state index in [4.69, 9.17) is 4.74 Å². The van der Waals surface area contributed by atoms with Gasteiger partial charge >= 0.3 is 0 Å². The number of thioether (sulfide) groups is 1. The molecular formula is C15H13FO2S. The summed E-state index contributed by atoms with van der Waals surface area (Å²) < 4.78 is 19.2. The maximum absolute atomic E-state index is 13.6. The van der Waals surface area contributed by atoms with Gasteiger partial charge in [0.25, 0.3) is 0 Å². The van der Waals surface area contributed by atoms with Gasteiger partial charge in [-0.1, -0.05) is 6.07 Å². The number of benzene rings is 2. The van der Waals surface area contributed by atoms with Crippen LogP contribution in [-0.4, -0.2) is 12.0 Å². The third-order valence-electron chi connectivity index (χ3n) is 2.61. The number of ether oxygens (including phenoxy) is 1. The van der Waals surface area contributed by atoms with Crippen LogP contribution in [-0.2, 0) is 0 Å². The number of carbonyl (C=O) groups excluding carboxylic acids is 1. The SMILES string of the molecule is CSc1ccc(Oc2cccc(F)c2C(C)=O)cc1. The van der Waals surface area contributed by atoms with E-state index in [0.29, 0.717) is 5.75 Å². The molecule has 0 amide bonds. The lowest BCUT2D eigenvalue weighted by atomic mass is 10.1. The second-order valence-corrected chi connectivity index (χ2v) is 4.83. The number of ketones is 1. The van der Waals surface area contributed by atoms with Crippen molar-refractivity contribution >= 4 is 17.5 Å². The van der Waals surface area contributed by atoms with Crippen LogP contribution in [0.3, 0.4) is 0 Å². The Hall–Kier alpha value is -1.81. The number of hydrogen-bond donors (Lipinski definition) is 0. The predicted octanol–water partition coefficient (Wildman–Crippen LogP) is 4.54. The molecular weight excluding hydrogens is 263 g/mol. The van der Waals surface area contributed by atoms with Crippen molar-refractivity contribution in [2.45, 2.75) is 11.8 Å². The first-order valence-electron chi connectivity index (χ1n) is 5.73. The molecule has 0 aliphatic carbocycles. The Labute approximate surface area is 115 Å². The summed E-state index contributed by atoms with van der Waals surface area (Å²) in [5, 5.41) is 0. The van der Waals surface area contributed by atoms with Gasteiger partial charge in [0, 0.05) is 4.90 Å². The van der Waals surface area contributed by atoms with Crippen molar-refractivity contribution < 1.29 is 13.9 Å². The van der Waals surface area contributed by atoms with E-state index < -0.39 is 5.82 Å². The highest BCUT2D eigenvalue weighted by atomic mass is 32.2. The van der Waals surface area contributed by atoms with Crippen molar-refractivity contribution in [3.8, 4) is 11.5 Å². The van der Waals surface area contributed by atoms with E-state index in [9.17, 15) is 9.18 Å². The van der Waals surface area contributed by atoms with Crippen LogP contribution in [0.2, 0.25) is 0 Å². The molecule has 4 heteroatoms. The van der Waals surface area contributed by atoms with Gasteiger partial charge in [0.2, 0.25) is 0 Å². The zero-order chi connectivity index (χ0) is 13.8. The lowest BCUT2D eigenvalue weighted by molar-refractivity contribution is 0.101. The summed E-state index contributed by atoms with van der Waals surface area (Å²) in [6.07, 6.45) is 1.98. The smallest absolute Gasteiger partial charge is 0.166 e. The minimum absolute atomic E-state index is 0.0172. The summed E-state index contributed by atoms with van der Waals surface area (Å²) in [4.78, 5) is 12.6. The fraction of sp³-hybridized carbons (Fsp3) is 0.133. The first-order valence-corrected chi connectivity index (χ1v) is 6.95. The minimum Gasteiger partial charge on any atom is -0.457 e. The second-order valence-electron chi connectivity index (χ2n) is 3.95. The Bertz CT molecular complexity index is 594. The van der Waals surface area contributed by atoms with Gasteiger partial charge in [0.05, 0.1) is 5.56 Å². The highest BCUT2D eigenvalue weighted by Gasteiger charge is 2.14. The quantitative estimate of drug-likeness (QED) is 0.605. The molecule has 2 nitrogen and oxygen atoms in total. The molecule has 0 atom stereocenters. The number of halogens is 1. The van der Waals surface area contributed by atoms with Crippen LogP contribution in [0.15, 0.2) is 47.4 Å². The maximum Gasteiger partial charge on any atom is 0.166 e. The molecule has 0 N–H and O–H groups in total. The molecule has 0 saturated heterocycles. The molecule has 98 valence electrons. The van der Waals surface area contributed by atoms with Crippen LogP contribution >= 0.6 is 11.8 Å². The fourth-order valence-corrected chi connectivity index (χ4v) is 2.11. The number of rotatable bonds is 4. The Kier molecular flexibility index (Phi) is 4.22. The Morgan fingerprint density at radius 3 is 2.42 bits per heavy atom. The van der Waals surface area contributed by atoms with E-state index in [1.807, 2.05) is 18.4 Å². The molecule has 0 radical (unpaired) electrons. The second kappa shape index (κ2) is 5.89. The minimum atomic E-state index is -0.564. The Morgan fingerprint density at radius 2 is 1.84 bits per heavy atom. The van der Waals surface area contributed by atoms with Crippen LogP contribution in [0.25, 0.3) is 0 Å². The van der Waals surface area contributed by atoms with Gasteiger partial charge < -0.3 is 4.74 Å². The fourth-order valence-electron chi connectivity index (χ4n) is 1.70. The molecule has 0 saturated carbocycles. The monoisotopic (exact) mass is 276 g/mol. The molecule has 19 heavy (non-hydrogen) atoms. The normalized spacial score (nSPS) is 10.3. The van der Waals surface area contributed by atoms with Gasteiger partial charge in [-0.05, 0) is 49.6 Å². The topological polar surface area (TPSA) is 26.3 Å². The van der Waals surface area contributed by atoms with Crippen LogP contribution in [0.1, 0.15) is 17.3 Å². The molecule has 0 aliphatic rings. The van der Waals surface area contributed by atoms with Crippen molar-refractivity contribution in [3.63, 3.8) is 0 Å². The van der Waals surface area contributed by atoms with E-state index in [-0.39, 0.29) is 17.1 Å². The zero-order valence-electron chi connectivity index (χ0n) is 10.6.